The van der Waals surface area contributed by atoms with Crippen molar-refractivity contribution < 1.29 is 14.3 Å². The molecule has 0 spiro atoms. The number of aromatic amines is 1. The van der Waals surface area contributed by atoms with Crippen LogP contribution in [0.1, 0.15) is 16.1 Å². The summed E-state index contributed by atoms with van der Waals surface area (Å²) in [6.45, 7) is 0.168. The highest BCUT2D eigenvalue weighted by Crippen LogP contribution is 2.13. The number of nitrogens with zero attached hydrogens (tertiary/aromatic N) is 1. The highest BCUT2D eigenvalue weighted by molar-refractivity contribution is 5.92. The molecule has 0 aliphatic carbocycles. The molecule has 2 aromatic rings. The maximum Gasteiger partial charge on any atom is 0.358 e. The molecule has 18 heavy (non-hydrogen) atoms. The summed E-state index contributed by atoms with van der Waals surface area (Å²) in [5.74, 6) is 0.226. The maximum atomic E-state index is 11.6. The summed E-state index contributed by atoms with van der Waals surface area (Å²) in [5, 5.41) is 6.14. The minimum absolute atomic E-state index is 0.168. The van der Waals surface area contributed by atoms with Gasteiger partial charge in [0.1, 0.15) is 12.4 Å². The van der Waals surface area contributed by atoms with E-state index in [1.165, 1.54) is 6.20 Å². The number of nitrogens with one attached hydrogen (secondary N) is 1. The lowest BCUT2D eigenvalue weighted by Gasteiger charge is -2.05. The smallest absolute Gasteiger partial charge is 0.358 e. The minimum atomic E-state index is -0.527. The number of methoxy groups -OCH3 is 1. The summed E-state index contributed by atoms with van der Waals surface area (Å²) in [7, 11) is 1.59. The Morgan fingerprint density at radius 1 is 1.39 bits per heavy atom. The van der Waals surface area contributed by atoms with E-state index in [0.29, 0.717) is 0 Å². The molecule has 0 saturated heterocycles. The van der Waals surface area contributed by atoms with Crippen LogP contribution >= 0.6 is 0 Å². The molecule has 0 unspecified atom stereocenters. The fourth-order valence-electron chi connectivity index (χ4n) is 1.40. The van der Waals surface area contributed by atoms with Crippen LogP contribution < -0.4 is 10.5 Å². The standard InChI is InChI=1S/C12H13N3O3/c1-17-9-4-2-8(3-5-9)7-18-12(16)11-10(13)6-14-15-11/h2-6H,7,13H2,1H3,(H,14,15). The summed E-state index contributed by atoms with van der Waals surface area (Å²) in [6.07, 6.45) is 1.37. The molecule has 0 bridgehead atoms. The minimum Gasteiger partial charge on any atom is -0.497 e. The van der Waals surface area contributed by atoms with Gasteiger partial charge in [-0.3, -0.25) is 5.10 Å². The van der Waals surface area contributed by atoms with E-state index >= 15 is 0 Å². The highest BCUT2D eigenvalue weighted by atomic mass is 16.5. The van der Waals surface area contributed by atoms with Gasteiger partial charge in [0, 0.05) is 0 Å². The number of esters is 1. The number of hydrogen-bond acceptors (Lipinski definition) is 5. The van der Waals surface area contributed by atoms with E-state index in [4.69, 9.17) is 15.2 Å². The number of ether oxygens (including phenoxy) is 2. The van der Waals surface area contributed by atoms with Crippen LogP contribution in [0, 0.1) is 0 Å². The molecule has 2 rings (SSSR count). The molecule has 94 valence electrons. The van der Waals surface area contributed by atoms with Crippen molar-refractivity contribution in [1.82, 2.24) is 10.2 Å². The van der Waals surface area contributed by atoms with Gasteiger partial charge in [0.15, 0.2) is 5.69 Å². The molecule has 0 amide bonds. The van der Waals surface area contributed by atoms with E-state index in [1.807, 2.05) is 12.1 Å². The second kappa shape index (κ2) is 5.22. The van der Waals surface area contributed by atoms with Crippen molar-refractivity contribution in [2.45, 2.75) is 6.61 Å². The zero-order chi connectivity index (χ0) is 13.0. The average molecular weight is 247 g/mol. The molecule has 0 atom stereocenters. The maximum absolute atomic E-state index is 11.6. The molecular formula is C12H13N3O3. The first-order chi connectivity index (χ1) is 8.70. The first-order valence-electron chi connectivity index (χ1n) is 5.29. The number of carbonyl (C=O) groups excluding carboxylic acids is 1. The molecule has 6 nitrogen and oxygen atoms in total. The van der Waals surface area contributed by atoms with Crippen LogP contribution in [0.25, 0.3) is 0 Å². The number of carbonyl (C=O) groups is 1. The molecule has 0 aliphatic heterocycles. The number of aromatic nitrogens is 2. The lowest BCUT2D eigenvalue weighted by atomic mass is 10.2. The van der Waals surface area contributed by atoms with Gasteiger partial charge in [0.05, 0.1) is 19.0 Å². The Balaban J connectivity index is 1.95. The lowest BCUT2D eigenvalue weighted by Crippen LogP contribution is -2.08. The number of benzene rings is 1. The van der Waals surface area contributed by atoms with Crippen molar-refractivity contribution >= 4 is 11.7 Å². The monoisotopic (exact) mass is 247 g/mol. The third-order valence-corrected chi connectivity index (χ3v) is 2.40. The number of nitrogens with two attached hydrogens (primary N) is 1. The van der Waals surface area contributed by atoms with Crippen molar-refractivity contribution in [3.05, 3.63) is 41.7 Å². The van der Waals surface area contributed by atoms with E-state index in [1.54, 1.807) is 19.2 Å². The zero-order valence-corrected chi connectivity index (χ0v) is 9.84. The largest absolute Gasteiger partial charge is 0.497 e. The average Bonchev–Trinajstić information content (AvgIpc) is 2.83. The Morgan fingerprint density at radius 3 is 2.67 bits per heavy atom. The summed E-state index contributed by atoms with van der Waals surface area (Å²) in [4.78, 5) is 11.6. The molecule has 3 N–H and O–H groups in total. The summed E-state index contributed by atoms with van der Waals surface area (Å²) in [6, 6.07) is 7.24. The number of nitrogen functional groups attached to an aromatic ring is 1. The number of hydrogen-bond donors (Lipinski definition) is 2. The van der Waals surface area contributed by atoms with Gasteiger partial charge in [-0.2, -0.15) is 5.10 Å². The van der Waals surface area contributed by atoms with Gasteiger partial charge in [-0.1, -0.05) is 12.1 Å². The fourth-order valence-corrected chi connectivity index (χ4v) is 1.40. The van der Waals surface area contributed by atoms with Crippen LogP contribution in [0.4, 0.5) is 5.69 Å². The molecule has 1 aromatic heterocycles. The van der Waals surface area contributed by atoms with Crippen LogP contribution in [0.15, 0.2) is 30.5 Å². The van der Waals surface area contributed by atoms with Crippen LogP contribution in [0.3, 0.4) is 0 Å². The molecule has 1 aromatic carbocycles. The molecule has 0 fully saturated rings. The van der Waals surface area contributed by atoms with Crippen LogP contribution in [0.5, 0.6) is 5.75 Å². The predicted molar refractivity (Wildman–Crippen MR) is 65.1 cm³/mol. The van der Waals surface area contributed by atoms with Crippen molar-refractivity contribution in [1.29, 1.82) is 0 Å². The van der Waals surface area contributed by atoms with E-state index in [-0.39, 0.29) is 18.0 Å². The van der Waals surface area contributed by atoms with Crippen LogP contribution in [0.2, 0.25) is 0 Å². The van der Waals surface area contributed by atoms with E-state index in [0.717, 1.165) is 11.3 Å². The van der Waals surface area contributed by atoms with E-state index in [9.17, 15) is 4.79 Å². The molecule has 6 heteroatoms. The number of rotatable bonds is 4. The SMILES string of the molecule is COc1ccc(COC(=O)c2[nH]ncc2N)cc1. The van der Waals surface area contributed by atoms with Gasteiger partial charge < -0.3 is 15.2 Å². The van der Waals surface area contributed by atoms with E-state index < -0.39 is 5.97 Å². The van der Waals surface area contributed by atoms with Gasteiger partial charge in [-0.05, 0) is 17.7 Å². The topological polar surface area (TPSA) is 90.2 Å². The van der Waals surface area contributed by atoms with Crippen molar-refractivity contribution in [2.75, 3.05) is 12.8 Å². The predicted octanol–water partition coefficient (Wildman–Crippen LogP) is 1.36. The van der Waals surface area contributed by atoms with Gasteiger partial charge in [-0.15, -0.1) is 0 Å². The molecule has 0 radical (unpaired) electrons. The third kappa shape index (κ3) is 2.60. The highest BCUT2D eigenvalue weighted by Gasteiger charge is 2.13. The van der Waals surface area contributed by atoms with Gasteiger partial charge in [-0.25, -0.2) is 4.79 Å². The normalized spacial score (nSPS) is 10.1. The Kier molecular flexibility index (Phi) is 3.47. The van der Waals surface area contributed by atoms with Gasteiger partial charge in [0.25, 0.3) is 0 Å². The number of anilines is 1. The molecular weight excluding hydrogens is 234 g/mol. The summed E-state index contributed by atoms with van der Waals surface area (Å²) >= 11 is 0. The van der Waals surface area contributed by atoms with Crippen molar-refractivity contribution in [2.24, 2.45) is 0 Å². The summed E-state index contributed by atoms with van der Waals surface area (Å²) < 4.78 is 10.1. The summed E-state index contributed by atoms with van der Waals surface area (Å²) in [5.41, 5.74) is 6.84. The second-order valence-electron chi connectivity index (χ2n) is 3.62. The molecule has 0 aliphatic rings. The van der Waals surface area contributed by atoms with Gasteiger partial charge in [0.2, 0.25) is 0 Å². The van der Waals surface area contributed by atoms with E-state index in [2.05, 4.69) is 10.2 Å². The van der Waals surface area contributed by atoms with Crippen LogP contribution in [-0.4, -0.2) is 23.3 Å². The zero-order valence-electron chi connectivity index (χ0n) is 9.84. The number of H-pyrrole nitrogens is 1. The first-order valence-corrected chi connectivity index (χ1v) is 5.29. The Hall–Kier alpha value is -2.50. The third-order valence-electron chi connectivity index (χ3n) is 2.40. The Morgan fingerprint density at radius 2 is 2.11 bits per heavy atom. The fraction of sp³-hybridized carbons (Fsp3) is 0.167. The molecule has 0 saturated carbocycles. The van der Waals surface area contributed by atoms with Crippen LogP contribution in [-0.2, 0) is 11.3 Å². The lowest BCUT2D eigenvalue weighted by molar-refractivity contribution is 0.0467. The van der Waals surface area contributed by atoms with Gasteiger partial charge >= 0.3 is 5.97 Å². The molecule has 1 heterocycles. The Bertz CT molecular complexity index is 534. The quantitative estimate of drug-likeness (QED) is 0.796. The second-order valence-corrected chi connectivity index (χ2v) is 3.62. The Labute approximate surface area is 104 Å². The first kappa shape index (κ1) is 12.0. The van der Waals surface area contributed by atoms with Crippen molar-refractivity contribution in [3.8, 4) is 5.75 Å². The van der Waals surface area contributed by atoms with Crippen molar-refractivity contribution in [3.63, 3.8) is 0 Å².